The van der Waals surface area contributed by atoms with Gasteiger partial charge in [-0.15, -0.1) is 0 Å². The van der Waals surface area contributed by atoms with Gasteiger partial charge < -0.3 is 18.9 Å². The molecule has 2 aromatic carbocycles. The van der Waals surface area contributed by atoms with Gasteiger partial charge in [-0.1, -0.05) is 17.3 Å². The SMILES string of the molecule is COc1cc(-c2cccc(C(F)(F)F)c2)c(F)cc1N1C(=O)CO[C@H]2CN(S(=O)(=O)Nc3ccon3)CC[C@@H]21. The van der Waals surface area contributed by atoms with Crippen molar-refractivity contribution < 1.29 is 44.8 Å². The van der Waals surface area contributed by atoms with Crippen LogP contribution in [0, 0.1) is 5.82 Å². The van der Waals surface area contributed by atoms with Crippen LogP contribution in [0.2, 0.25) is 0 Å². The van der Waals surface area contributed by atoms with Crippen molar-refractivity contribution in [2.45, 2.75) is 24.7 Å². The van der Waals surface area contributed by atoms with E-state index in [0.717, 1.165) is 22.5 Å². The van der Waals surface area contributed by atoms with Gasteiger partial charge in [-0.25, -0.2) is 4.39 Å². The molecule has 5 rings (SSSR count). The Hall–Kier alpha value is -3.69. The number of fused-ring (bicyclic) bond motifs is 1. The molecule has 15 heteroatoms. The summed E-state index contributed by atoms with van der Waals surface area (Å²) in [6, 6.07) is 7.18. The largest absolute Gasteiger partial charge is 0.495 e. The number of carbonyl (C=O) groups is 1. The van der Waals surface area contributed by atoms with Crippen LogP contribution in [0.4, 0.5) is 29.1 Å². The molecule has 2 aliphatic heterocycles. The number of alkyl halides is 3. The smallest absolute Gasteiger partial charge is 0.416 e. The van der Waals surface area contributed by atoms with Gasteiger partial charge in [0.1, 0.15) is 24.4 Å². The number of ether oxygens (including phenoxy) is 2. The van der Waals surface area contributed by atoms with Gasteiger partial charge in [0.25, 0.3) is 5.91 Å². The van der Waals surface area contributed by atoms with Crippen LogP contribution in [-0.4, -0.2) is 62.7 Å². The van der Waals surface area contributed by atoms with Gasteiger partial charge in [-0.3, -0.25) is 9.52 Å². The van der Waals surface area contributed by atoms with Crippen LogP contribution < -0.4 is 14.4 Å². The number of aromatic nitrogens is 1. The molecule has 10 nitrogen and oxygen atoms in total. The molecular weight excluding hydrogens is 548 g/mol. The van der Waals surface area contributed by atoms with Crippen molar-refractivity contribution in [1.82, 2.24) is 9.46 Å². The number of hydrogen-bond acceptors (Lipinski definition) is 7. The highest BCUT2D eigenvalue weighted by molar-refractivity contribution is 7.90. The van der Waals surface area contributed by atoms with Crippen LogP contribution in [0.25, 0.3) is 11.1 Å². The van der Waals surface area contributed by atoms with Gasteiger partial charge in [-0.05, 0) is 30.2 Å². The highest BCUT2D eigenvalue weighted by atomic mass is 32.2. The highest BCUT2D eigenvalue weighted by Crippen LogP contribution is 2.41. The number of benzene rings is 2. The predicted octanol–water partition coefficient (Wildman–Crippen LogP) is 3.67. The van der Waals surface area contributed by atoms with E-state index in [2.05, 4.69) is 14.4 Å². The number of rotatable bonds is 6. The molecule has 2 fully saturated rings. The minimum atomic E-state index is -4.61. The topological polar surface area (TPSA) is 114 Å². The summed E-state index contributed by atoms with van der Waals surface area (Å²) in [6.45, 7) is -0.491. The van der Waals surface area contributed by atoms with Gasteiger partial charge in [0.15, 0.2) is 5.82 Å². The fourth-order valence-electron chi connectivity index (χ4n) is 4.74. The maximum Gasteiger partial charge on any atom is 0.416 e. The predicted molar refractivity (Wildman–Crippen MR) is 130 cm³/mol. The van der Waals surface area contributed by atoms with E-state index in [0.29, 0.717) is 0 Å². The fourth-order valence-corrected chi connectivity index (χ4v) is 5.93. The van der Waals surface area contributed by atoms with Crippen LogP contribution in [0.3, 0.4) is 0 Å². The number of nitrogens with zero attached hydrogens (tertiary/aromatic N) is 3. The Balaban J connectivity index is 1.44. The van der Waals surface area contributed by atoms with Crippen LogP contribution >= 0.6 is 0 Å². The van der Waals surface area contributed by atoms with Crippen molar-refractivity contribution in [3.63, 3.8) is 0 Å². The molecule has 0 spiro atoms. The zero-order valence-electron chi connectivity index (χ0n) is 20.3. The molecule has 0 saturated carbocycles. The van der Waals surface area contributed by atoms with E-state index in [-0.39, 0.29) is 47.9 Å². The fraction of sp³-hybridized carbons (Fsp3) is 0.333. The van der Waals surface area contributed by atoms with E-state index in [9.17, 15) is 26.4 Å². The number of piperidine rings is 1. The van der Waals surface area contributed by atoms with Gasteiger partial charge in [0.2, 0.25) is 0 Å². The number of morpholine rings is 1. The van der Waals surface area contributed by atoms with E-state index in [1.807, 2.05) is 0 Å². The molecule has 208 valence electrons. The minimum Gasteiger partial charge on any atom is -0.495 e. The third-order valence-electron chi connectivity index (χ3n) is 6.55. The number of nitrogens with one attached hydrogen (secondary N) is 1. The second-order valence-corrected chi connectivity index (χ2v) is 10.6. The van der Waals surface area contributed by atoms with Crippen molar-refractivity contribution in [1.29, 1.82) is 0 Å². The number of halogens is 4. The molecule has 0 bridgehead atoms. The summed E-state index contributed by atoms with van der Waals surface area (Å²) in [7, 11) is -2.72. The molecule has 2 aliphatic rings. The zero-order valence-corrected chi connectivity index (χ0v) is 21.1. The molecule has 1 amide bonds. The van der Waals surface area contributed by atoms with Crippen molar-refractivity contribution in [2.75, 3.05) is 36.4 Å². The van der Waals surface area contributed by atoms with Crippen molar-refractivity contribution in [3.8, 4) is 16.9 Å². The lowest BCUT2D eigenvalue weighted by Gasteiger charge is -2.46. The van der Waals surface area contributed by atoms with Crippen molar-refractivity contribution in [2.24, 2.45) is 0 Å². The Labute approximate surface area is 220 Å². The van der Waals surface area contributed by atoms with E-state index >= 15 is 4.39 Å². The maximum atomic E-state index is 15.4. The zero-order chi connectivity index (χ0) is 27.9. The first-order chi connectivity index (χ1) is 18.5. The van der Waals surface area contributed by atoms with Gasteiger partial charge in [0.05, 0.1) is 30.5 Å². The first-order valence-electron chi connectivity index (χ1n) is 11.6. The van der Waals surface area contributed by atoms with Crippen LogP contribution in [0.5, 0.6) is 5.75 Å². The normalized spacial score (nSPS) is 20.5. The molecule has 0 aliphatic carbocycles. The number of amides is 1. The summed E-state index contributed by atoms with van der Waals surface area (Å²) >= 11 is 0. The summed E-state index contributed by atoms with van der Waals surface area (Å²) in [5.74, 6) is -1.31. The summed E-state index contributed by atoms with van der Waals surface area (Å²) in [5.41, 5.74) is -1.03. The average Bonchev–Trinajstić information content (AvgIpc) is 3.40. The lowest BCUT2D eigenvalue weighted by molar-refractivity contribution is -0.137. The second kappa shape index (κ2) is 10.1. The van der Waals surface area contributed by atoms with E-state index in [4.69, 9.17) is 9.47 Å². The highest BCUT2D eigenvalue weighted by Gasteiger charge is 2.45. The third-order valence-corrected chi connectivity index (χ3v) is 8.03. The second-order valence-electron chi connectivity index (χ2n) is 8.90. The molecule has 39 heavy (non-hydrogen) atoms. The summed E-state index contributed by atoms with van der Waals surface area (Å²) in [6.07, 6.45) is -4.00. The molecule has 3 heterocycles. The monoisotopic (exact) mass is 570 g/mol. The standard InChI is InChI=1S/C24H22F4N4O6S/c1-36-20-10-16(14-3-2-4-15(9-14)24(26,27)28)17(25)11-19(20)32-18-5-7-31(12-21(18)37-13-23(32)33)39(34,35)30-22-6-8-38-29-22/h2-4,6,8-11,18,21H,5,7,12-13H2,1H3,(H,29,30)/t18-,21-/m0/s1. The molecule has 3 aromatic rings. The summed E-state index contributed by atoms with van der Waals surface area (Å²) < 4.78 is 99.7. The van der Waals surface area contributed by atoms with Crippen LogP contribution in [0.15, 0.2) is 53.3 Å². The van der Waals surface area contributed by atoms with Crippen molar-refractivity contribution in [3.05, 3.63) is 60.1 Å². The molecule has 2 saturated heterocycles. The van der Waals surface area contributed by atoms with Gasteiger partial charge in [0, 0.05) is 30.8 Å². The maximum absolute atomic E-state index is 15.4. The van der Waals surface area contributed by atoms with Gasteiger partial charge >= 0.3 is 16.4 Å². The molecular formula is C24H22F4N4O6S. The first kappa shape index (κ1) is 26.9. The lowest BCUT2D eigenvalue weighted by Crippen LogP contribution is -2.62. The summed E-state index contributed by atoms with van der Waals surface area (Å²) in [5, 5.41) is 3.53. The molecule has 0 radical (unpaired) electrons. The number of carbonyl (C=O) groups excluding carboxylic acids is 1. The van der Waals surface area contributed by atoms with Gasteiger partial charge in [-0.2, -0.15) is 25.9 Å². The number of anilines is 2. The molecule has 2 atom stereocenters. The van der Waals surface area contributed by atoms with E-state index in [1.54, 1.807) is 0 Å². The van der Waals surface area contributed by atoms with Crippen molar-refractivity contribution >= 4 is 27.6 Å². The first-order valence-corrected chi connectivity index (χ1v) is 13.1. The quantitative estimate of drug-likeness (QED) is 0.450. The molecule has 0 unspecified atom stereocenters. The Kier molecular flexibility index (Phi) is 6.99. The van der Waals surface area contributed by atoms with E-state index < -0.39 is 52.4 Å². The molecule has 1 N–H and O–H groups in total. The Morgan fingerprint density at radius 2 is 1.97 bits per heavy atom. The average molecular weight is 571 g/mol. The third kappa shape index (κ3) is 5.29. The Bertz CT molecular complexity index is 1480. The minimum absolute atomic E-state index is 0.000405. The van der Waals surface area contributed by atoms with Crippen LogP contribution in [0.1, 0.15) is 12.0 Å². The Morgan fingerprint density at radius 3 is 2.67 bits per heavy atom. The number of methoxy groups -OCH3 is 1. The number of hydrogen-bond donors (Lipinski definition) is 1. The van der Waals surface area contributed by atoms with E-state index in [1.165, 1.54) is 42.5 Å². The summed E-state index contributed by atoms with van der Waals surface area (Å²) in [4.78, 5) is 14.3. The Morgan fingerprint density at radius 1 is 1.18 bits per heavy atom. The van der Waals surface area contributed by atoms with Crippen LogP contribution in [-0.2, 0) is 25.9 Å². The lowest BCUT2D eigenvalue weighted by atomic mass is 9.97. The molecule has 1 aromatic heterocycles.